The van der Waals surface area contributed by atoms with Gasteiger partial charge in [0.1, 0.15) is 4.83 Å². The molecule has 3 aromatic rings. The third-order valence-electron chi connectivity index (χ3n) is 7.92. The van der Waals surface area contributed by atoms with Gasteiger partial charge in [0, 0.05) is 30.3 Å². The quantitative estimate of drug-likeness (QED) is 0.409. The number of fused-ring (bicyclic) bond motifs is 2. The van der Waals surface area contributed by atoms with E-state index in [1.54, 1.807) is 0 Å². The number of aryl methyl sites for hydroxylation is 1. The molecule has 0 radical (unpaired) electrons. The number of rotatable bonds is 7. The van der Waals surface area contributed by atoms with Crippen molar-refractivity contribution in [2.45, 2.75) is 71.4 Å². The van der Waals surface area contributed by atoms with E-state index in [0.717, 1.165) is 72.5 Å². The number of hydrogen-bond donors (Lipinski definition) is 2. The van der Waals surface area contributed by atoms with Crippen LogP contribution < -0.4 is 10.6 Å². The van der Waals surface area contributed by atoms with Crippen LogP contribution in [-0.2, 0) is 17.6 Å². The van der Waals surface area contributed by atoms with Crippen LogP contribution in [0.25, 0.3) is 10.2 Å². The average Bonchev–Trinajstić information content (AvgIpc) is 3.30. The van der Waals surface area contributed by atoms with E-state index in [4.69, 9.17) is 9.72 Å². The third-order valence-corrected chi connectivity index (χ3v) is 8.96. The molecule has 1 fully saturated rings. The summed E-state index contributed by atoms with van der Waals surface area (Å²) in [5, 5.41) is 8.08. The number of nitrogens with zero attached hydrogens (tertiary/aromatic N) is 1. The first-order valence-corrected chi connectivity index (χ1v) is 14.3. The molecule has 0 bridgehead atoms. The minimum Gasteiger partial charge on any atom is -0.381 e. The van der Waals surface area contributed by atoms with Crippen LogP contribution in [0, 0.1) is 11.3 Å². The van der Waals surface area contributed by atoms with Crippen LogP contribution in [0.1, 0.15) is 79.0 Å². The van der Waals surface area contributed by atoms with E-state index in [-0.39, 0.29) is 11.9 Å². The van der Waals surface area contributed by atoms with E-state index in [1.807, 2.05) is 24.3 Å². The highest BCUT2D eigenvalue weighted by molar-refractivity contribution is 7.20. The highest BCUT2D eigenvalue weighted by atomic mass is 32.1. The summed E-state index contributed by atoms with van der Waals surface area (Å²) in [4.78, 5) is 20.1. The summed E-state index contributed by atoms with van der Waals surface area (Å²) in [5.74, 6) is 0.662. The van der Waals surface area contributed by atoms with Crippen LogP contribution in [0.2, 0.25) is 0 Å². The number of ether oxygens (including phenoxy) is 1. The molecule has 0 unspecified atom stereocenters. The van der Waals surface area contributed by atoms with Crippen LogP contribution in [0.15, 0.2) is 42.5 Å². The Bertz CT molecular complexity index is 1180. The van der Waals surface area contributed by atoms with Crippen molar-refractivity contribution in [3.8, 4) is 0 Å². The monoisotopic (exact) mass is 505 g/mol. The van der Waals surface area contributed by atoms with Crippen molar-refractivity contribution < 1.29 is 9.53 Å². The van der Waals surface area contributed by atoms with Gasteiger partial charge < -0.3 is 15.4 Å². The van der Waals surface area contributed by atoms with Crippen molar-refractivity contribution >= 4 is 27.5 Å². The number of aromatic nitrogens is 1. The standard InChI is InChI=1S/C30H39N3O2S/c1-30(2,3)23-9-10-25-21(18-23)17-22-19-27(36-29(22)33-25)28(34)32-26(20-7-5-4-6-8-20)11-14-31-24-12-15-35-16-13-24/h4-8,17,19,23-24,26,31H,9-16,18H2,1-3H3,(H,32,34)/t23-,26+/m0/s1. The van der Waals surface area contributed by atoms with E-state index in [1.165, 1.54) is 29.0 Å². The first kappa shape index (κ1) is 25.4. The average molecular weight is 506 g/mol. The number of amides is 1. The van der Waals surface area contributed by atoms with Gasteiger partial charge in [-0.2, -0.15) is 0 Å². The van der Waals surface area contributed by atoms with Gasteiger partial charge >= 0.3 is 0 Å². The lowest BCUT2D eigenvalue weighted by Gasteiger charge is -2.34. The number of carbonyl (C=O) groups is 1. The SMILES string of the molecule is CC(C)(C)[C@H]1CCc2nc3sc(C(=O)N[C@H](CCNC4CCOCC4)c4ccccc4)cc3cc2C1. The molecule has 5 nitrogen and oxygen atoms in total. The Morgan fingerprint density at radius 3 is 2.67 bits per heavy atom. The molecule has 2 aromatic heterocycles. The molecule has 192 valence electrons. The maximum atomic E-state index is 13.4. The van der Waals surface area contributed by atoms with Gasteiger partial charge in [-0.1, -0.05) is 51.1 Å². The summed E-state index contributed by atoms with van der Waals surface area (Å²) < 4.78 is 5.47. The number of thiophene rings is 1. The molecule has 2 N–H and O–H groups in total. The van der Waals surface area contributed by atoms with Crippen molar-refractivity contribution in [3.05, 3.63) is 64.2 Å². The fourth-order valence-electron chi connectivity index (χ4n) is 5.54. The second kappa shape index (κ2) is 11.0. The minimum absolute atomic E-state index is 0.0107. The predicted molar refractivity (Wildman–Crippen MR) is 148 cm³/mol. The number of nitrogens with one attached hydrogen (secondary N) is 2. The van der Waals surface area contributed by atoms with Crippen LogP contribution in [-0.4, -0.2) is 36.7 Å². The Hall–Kier alpha value is -2.28. The molecule has 0 spiro atoms. The molecule has 5 rings (SSSR count). The lowest BCUT2D eigenvalue weighted by Crippen LogP contribution is -2.37. The second-order valence-corrected chi connectivity index (χ2v) is 12.5. The molecule has 36 heavy (non-hydrogen) atoms. The van der Waals surface area contributed by atoms with Gasteiger partial charge in [0.2, 0.25) is 0 Å². The molecule has 3 heterocycles. The Labute approximate surface area is 219 Å². The van der Waals surface area contributed by atoms with Crippen LogP contribution >= 0.6 is 11.3 Å². The summed E-state index contributed by atoms with van der Waals surface area (Å²) >= 11 is 1.52. The zero-order valence-corrected chi connectivity index (χ0v) is 22.6. The minimum atomic E-state index is -0.0371. The fourth-order valence-corrected chi connectivity index (χ4v) is 6.48. The molecule has 1 aliphatic carbocycles. The van der Waals surface area contributed by atoms with Gasteiger partial charge in [-0.25, -0.2) is 4.98 Å². The van der Waals surface area contributed by atoms with Crippen LogP contribution in [0.4, 0.5) is 0 Å². The highest BCUT2D eigenvalue weighted by Crippen LogP contribution is 2.38. The predicted octanol–water partition coefficient (Wildman–Crippen LogP) is 6.08. The van der Waals surface area contributed by atoms with Gasteiger partial charge in [0.05, 0.1) is 10.9 Å². The molecule has 1 aliphatic heterocycles. The van der Waals surface area contributed by atoms with Gasteiger partial charge in [0.15, 0.2) is 0 Å². The molecule has 1 aromatic carbocycles. The van der Waals surface area contributed by atoms with Crippen LogP contribution in [0.5, 0.6) is 0 Å². The second-order valence-electron chi connectivity index (χ2n) is 11.5. The Kier molecular flexibility index (Phi) is 7.75. The van der Waals surface area contributed by atoms with E-state index in [9.17, 15) is 4.79 Å². The number of hydrogen-bond acceptors (Lipinski definition) is 5. The molecule has 0 saturated carbocycles. The van der Waals surface area contributed by atoms with E-state index in [0.29, 0.717) is 17.4 Å². The van der Waals surface area contributed by atoms with Crippen molar-refractivity contribution in [1.82, 2.24) is 15.6 Å². The van der Waals surface area contributed by atoms with E-state index in [2.05, 4.69) is 49.6 Å². The number of benzene rings is 1. The number of pyridine rings is 1. The van der Waals surface area contributed by atoms with Gasteiger partial charge in [0.25, 0.3) is 5.91 Å². The summed E-state index contributed by atoms with van der Waals surface area (Å²) in [6.45, 7) is 9.53. The largest absolute Gasteiger partial charge is 0.381 e. The highest BCUT2D eigenvalue weighted by Gasteiger charge is 2.30. The van der Waals surface area contributed by atoms with Gasteiger partial charge in [-0.05, 0) is 79.7 Å². The molecule has 6 heteroatoms. The normalized spacial score (nSPS) is 19.7. The van der Waals surface area contributed by atoms with Gasteiger partial charge in [-0.15, -0.1) is 11.3 Å². The summed E-state index contributed by atoms with van der Waals surface area (Å²) in [6.07, 6.45) is 6.25. The van der Waals surface area contributed by atoms with Crippen molar-refractivity contribution in [3.63, 3.8) is 0 Å². The van der Waals surface area contributed by atoms with E-state index >= 15 is 0 Å². The third kappa shape index (κ3) is 5.99. The van der Waals surface area contributed by atoms with Crippen LogP contribution in [0.3, 0.4) is 0 Å². The smallest absolute Gasteiger partial charge is 0.261 e. The summed E-state index contributed by atoms with van der Waals surface area (Å²) in [5.41, 5.74) is 4.03. The first-order chi connectivity index (χ1) is 17.4. The fraction of sp³-hybridized carbons (Fsp3) is 0.533. The topological polar surface area (TPSA) is 63.2 Å². The Morgan fingerprint density at radius 1 is 1.14 bits per heavy atom. The lowest BCUT2D eigenvalue weighted by atomic mass is 9.71. The number of carbonyl (C=O) groups excluding carboxylic acids is 1. The molecular weight excluding hydrogens is 466 g/mol. The molecule has 2 aliphatic rings. The molecule has 1 saturated heterocycles. The van der Waals surface area contributed by atoms with Crippen molar-refractivity contribution in [2.24, 2.45) is 11.3 Å². The maximum absolute atomic E-state index is 13.4. The Balaban J connectivity index is 1.29. The zero-order chi connectivity index (χ0) is 25.1. The molecule has 2 atom stereocenters. The molecule has 1 amide bonds. The summed E-state index contributed by atoms with van der Waals surface area (Å²) in [6, 6.07) is 15.1. The van der Waals surface area contributed by atoms with Gasteiger partial charge in [-0.3, -0.25) is 4.79 Å². The van der Waals surface area contributed by atoms with Crippen molar-refractivity contribution in [1.29, 1.82) is 0 Å². The summed E-state index contributed by atoms with van der Waals surface area (Å²) in [7, 11) is 0. The zero-order valence-electron chi connectivity index (χ0n) is 21.8. The van der Waals surface area contributed by atoms with Crippen molar-refractivity contribution in [2.75, 3.05) is 19.8 Å². The Morgan fingerprint density at radius 2 is 1.92 bits per heavy atom. The van der Waals surface area contributed by atoms with E-state index < -0.39 is 0 Å². The maximum Gasteiger partial charge on any atom is 0.261 e. The lowest BCUT2D eigenvalue weighted by molar-refractivity contribution is 0.0777. The molecular formula is C30H39N3O2S. The first-order valence-electron chi connectivity index (χ1n) is 13.5.